The van der Waals surface area contributed by atoms with Gasteiger partial charge in [0.05, 0.1) is 24.2 Å². The zero-order valence-electron chi connectivity index (χ0n) is 17.9. The Bertz CT molecular complexity index is 1020. The summed E-state index contributed by atoms with van der Waals surface area (Å²) in [4.78, 5) is 16.8. The third-order valence-electron chi connectivity index (χ3n) is 6.09. The number of likely N-dealkylation sites (tertiary alicyclic amines) is 1. The number of amides is 1. The number of rotatable bonds is 6. The number of hydrogen-bond donors (Lipinski definition) is 1. The molecule has 2 aliphatic heterocycles. The van der Waals surface area contributed by atoms with Gasteiger partial charge in [0.1, 0.15) is 0 Å². The fraction of sp³-hybridized carbons (Fsp3) is 0.500. The zero-order chi connectivity index (χ0) is 22.0. The molecule has 2 atom stereocenters. The van der Waals surface area contributed by atoms with Crippen LogP contribution in [-0.2, 0) is 19.6 Å². The first-order valence-corrected chi connectivity index (χ1v) is 13.0. The van der Waals surface area contributed by atoms with Gasteiger partial charge >= 0.3 is 0 Å². The molecule has 7 nitrogen and oxygen atoms in total. The van der Waals surface area contributed by atoms with Gasteiger partial charge in [0.15, 0.2) is 0 Å². The van der Waals surface area contributed by atoms with Gasteiger partial charge in [-0.15, -0.1) is 11.3 Å². The molecule has 2 aliphatic rings. The smallest absolute Gasteiger partial charge is 0.243 e. The van der Waals surface area contributed by atoms with Crippen molar-refractivity contribution in [2.24, 2.45) is 0 Å². The number of thiophene rings is 1. The average Bonchev–Trinajstić information content (AvgIpc) is 3.46. The molecule has 1 aromatic heterocycles. The Hall–Kier alpha value is -1.78. The van der Waals surface area contributed by atoms with E-state index in [-0.39, 0.29) is 22.9 Å². The quantitative estimate of drug-likeness (QED) is 0.712. The number of aryl methyl sites for hydroxylation is 1. The molecule has 0 unspecified atom stereocenters. The van der Waals surface area contributed by atoms with Crippen LogP contribution in [-0.4, -0.2) is 62.4 Å². The molecule has 3 heterocycles. The third kappa shape index (κ3) is 4.70. The Morgan fingerprint density at radius 1 is 1.23 bits per heavy atom. The molecule has 168 valence electrons. The molecule has 1 aromatic carbocycles. The topological polar surface area (TPSA) is 79.0 Å². The summed E-state index contributed by atoms with van der Waals surface area (Å²) in [5, 5.41) is 5.01. The van der Waals surface area contributed by atoms with E-state index in [0.717, 1.165) is 19.4 Å². The van der Waals surface area contributed by atoms with Gasteiger partial charge in [-0.25, -0.2) is 8.42 Å². The molecule has 1 N–H and O–H groups in total. The predicted octanol–water partition coefficient (Wildman–Crippen LogP) is 3.24. The molecular formula is C22H29N3O4S2. The summed E-state index contributed by atoms with van der Waals surface area (Å²) in [6.07, 6.45) is 2.11. The highest BCUT2D eigenvalue weighted by molar-refractivity contribution is 7.89. The number of morpholine rings is 1. The van der Waals surface area contributed by atoms with Crippen LogP contribution in [0.15, 0.2) is 40.6 Å². The van der Waals surface area contributed by atoms with E-state index in [1.54, 1.807) is 36.5 Å². The third-order valence-corrected chi connectivity index (χ3v) is 9.10. The van der Waals surface area contributed by atoms with E-state index in [0.29, 0.717) is 37.6 Å². The van der Waals surface area contributed by atoms with Crippen molar-refractivity contribution in [3.8, 4) is 0 Å². The van der Waals surface area contributed by atoms with E-state index >= 15 is 0 Å². The normalized spacial score (nSPS) is 21.8. The molecule has 1 amide bonds. The molecule has 0 spiro atoms. The van der Waals surface area contributed by atoms with Crippen LogP contribution in [0, 0.1) is 6.92 Å². The van der Waals surface area contributed by atoms with Crippen LogP contribution in [0.4, 0.5) is 5.69 Å². The molecule has 0 bridgehead atoms. The number of carbonyl (C=O) groups is 1. The first-order chi connectivity index (χ1) is 14.9. The number of benzene rings is 1. The predicted molar refractivity (Wildman–Crippen MR) is 122 cm³/mol. The van der Waals surface area contributed by atoms with Crippen LogP contribution in [0.25, 0.3) is 0 Å². The van der Waals surface area contributed by atoms with Gasteiger partial charge in [0, 0.05) is 29.7 Å². The van der Waals surface area contributed by atoms with E-state index in [4.69, 9.17) is 4.74 Å². The first kappa shape index (κ1) is 22.4. The molecule has 2 saturated heterocycles. The molecular weight excluding hydrogens is 434 g/mol. The van der Waals surface area contributed by atoms with E-state index in [9.17, 15) is 13.2 Å². The van der Waals surface area contributed by atoms with Crippen LogP contribution in [0.1, 0.15) is 36.2 Å². The highest BCUT2D eigenvalue weighted by atomic mass is 32.2. The lowest BCUT2D eigenvalue weighted by Gasteiger charge is -2.29. The fourth-order valence-corrected chi connectivity index (χ4v) is 6.86. The highest BCUT2D eigenvalue weighted by Crippen LogP contribution is 2.36. The second kappa shape index (κ2) is 9.38. The first-order valence-electron chi connectivity index (χ1n) is 10.7. The molecule has 9 heteroatoms. The Morgan fingerprint density at radius 2 is 2.00 bits per heavy atom. The second-order valence-electron chi connectivity index (χ2n) is 8.07. The van der Waals surface area contributed by atoms with Crippen molar-refractivity contribution in [1.29, 1.82) is 0 Å². The van der Waals surface area contributed by atoms with Gasteiger partial charge in [-0.1, -0.05) is 12.1 Å². The summed E-state index contributed by atoms with van der Waals surface area (Å²) in [6.45, 7) is 6.05. The Balaban J connectivity index is 1.50. The molecule has 0 saturated carbocycles. The van der Waals surface area contributed by atoms with E-state index in [1.807, 2.05) is 13.0 Å². The molecule has 0 radical (unpaired) electrons. The van der Waals surface area contributed by atoms with Crippen molar-refractivity contribution in [3.05, 3.63) is 46.2 Å². The molecule has 2 fully saturated rings. The number of nitrogens with one attached hydrogen (secondary N) is 1. The standard InChI is InChI=1S/C22H29N3O4S2/c1-16-7-8-18(15-21(16)31(27,28)24-10-12-29-13-11-24)23-22(26)17(2)25-9-3-5-19(25)20-6-4-14-30-20/h4,6-8,14-15,17,19H,3,5,9-13H2,1-2H3,(H,23,26)/t17-,19+/m1/s1. The maximum Gasteiger partial charge on any atom is 0.243 e. The van der Waals surface area contributed by atoms with Crippen LogP contribution in [0.5, 0.6) is 0 Å². The van der Waals surface area contributed by atoms with Crippen molar-refractivity contribution in [2.45, 2.75) is 43.7 Å². The van der Waals surface area contributed by atoms with Crippen LogP contribution < -0.4 is 5.32 Å². The van der Waals surface area contributed by atoms with Crippen molar-refractivity contribution in [3.63, 3.8) is 0 Å². The second-order valence-corrected chi connectivity index (χ2v) is 11.0. The summed E-state index contributed by atoms with van der Waals surface area (Å²) in [5.74, 6) is -0.123. The lowest BCUT2D eigenvalue weighted by atomic mass is 10.1. The van der Waals surface area contributed by atoms with Crippen LogP contribution in [0.2, 0.25) is 0 Å². The lowest BCUT2D eigenvalue weighted by molar-refractivity contribution is -0.121. The van der Waals surface area contributed by atoms with Crippen molar-refractivity contribution in [1.82, 2.24) is 9.21 Å². The Morgan fingerprint density at radius 3 is 2.71 bits per heavy atom. The largest absolute Gasteiger partial charge is 0.379 e. The Kier molecular flexibility index (Phi) is 6.78. The number of sulfonamides is 1. The lowest BCUT2D eigenvalue weighted by Crippen LogP contribution is -2.41. The maximum absolute atomic E-state index is 13.1. The summed E-state index contributed by atoms with van der Waals surface area (Å²) in [6, 6.07) is 9.21. The van der Waals surface area contributed by atoms with Crippen molar-refractivity contribution in [2.75, 3.05) is 38.2 Å². The SMILES string of the molecule is Cc1ccc(NC(=O)[C@@H](C)N2CCC[C@H]2c2cccs2)cc1S(=O)(=O)N1CCOCC1. The summed E-state index contributed by atoms with van der Waals surface area (Å²) < 4.78 is 33.0. The summed E-state index contributed by atoms with van der Waals surface area (Å²) in [7, 11) is -3.63. The summed E-state index contributed by atoms with van der Waals surface area (Å²) in [5.41, 5.74) is 1.16. The number of anilines is 1. The molecule has 31 heavy (non-hydrogen) atoms. The average molecular weight is 464 g/mol. The van der Waals surface area contributed by atoms with Crippen molar-refractivity contribution >= 4 is 33.0 Å². The number of nitrogens with zero attached hydrogens (tertiary/aromatic N) is 2. The minimum Gasteiger partial charge on any atom is -0.379 e. The molecule has 0 aliphatic carbocycles. The Labute approximate surface area is 188 Å². The van der Waals surface area contributed by atoms with Gasteiger partial charge in [-0.3, -0.25) is 9.69 Å². The minimum absolute atomic E-state index is 0.123. The van der Waals surface area contributed by atoms with E-state index in [2.05, 4.69) is 21.7 Å². The summed E-state index contributed by atoms with van der Waals surface area (Å²) >= 11 is 1.72. The fourth-order valence-electron chi connectivity index (χ4n) is 4.32. The van der Waals surface area contributed by atoms with Crippen LogP contribution >= 0.6 is 11.3 Å². The van der Waals surface area contributed by atoms with Crippen molar-refractivity contribution < 1.29 is 17.9 Å². The van der Waals surface area contributed by atoms with Crippen LogP contribution in [0.3, 0.4) is 0 Å². The van der Waals surface area contributed by atoms with E-state index < -0.39 is 10.0 Å². The highest BCUT2D eigenvalue weighted by Gasteiger charge is 2.34. The van der Waals surface area contributed by atoms with Gasteiger partial charge in [0.25, 0.3) is 0 Å². The number of hydrogen-bond acceptors (Lipinski definition) is 6. The molecule has 4 rings (SSSR count). The number of ether oxygens (including phenoxy) is 1. The number of carbonyl (C=O) groups excluding carboxylic acids is 1. The zero-order valence-corrected chi connectivity index (χ0v) is 19.5. The molecule has 2 aromatic rings. The minimum atomic E-state index is -3.63. The maximum atomic E-state index is 13.1. The van der Waals surface area contributed by atoms with Gasteiger partial charge in [0.2, 0.25) is 15.9 Å². The van der Waals surface area contributed by atoms with Gasteiger partial charge in [-0.2, -0.15) is 4.31 Å². The van der Waals surface area contributed by atoms with Gasteiger partial charge < -0.3 is 10.1 Å². The van der Waals surface area contributed by atoms with E-state index in [1.165, 1.54) is 9.18 Å². The van der Waals surface area contributed by atoms with Gasteiger partial charge in [-0.05, 0) is 62.4 Å². The monoisotopic (exact) mass is 463 g/mol.